The van der Waals surface area contributed by atoms with Gasteiger partial charge in [-0.2, -0.15) is 0 Å². The Morgan fingerprint density at radius 3 is 1.66 bits per heavy atom. The number of hydrogen-bond donors (Lipinski definition) is 0. The van der Waals surface area contributed by atoms with Crippen molar-refractivity contribution in [1.82, 2.24) is 9.13 Å². The topological polar surface area (TPSA) is 36.1 Å². The second-order valence-electron chi connectivity index (χ2n) is 14.2. The summed E-state index contributed by atoms with van der Waals surface area (Å²) in [5, 5.41) is 9.36. The molecule has 4 nitrogen and oxygen atoms in total. The number of nitrogens with zero attached hydrogens (tertiary/aromatic N) is 2. The third-order valence-electron chi connectivity index (χ3n) is 11.1. The van der Waals surface area contributed by atoms with Gasteiger partial charge in [0, 0.05) is 66.6 Å². The summed E-state index contributed by atoms with van der Waals surface area (Å²) in [6.45, 7) is 2.15. The fraction of sp³-hybridized carbons (Fsp3) is 0.0204. The lowest BCUT2D eigenvalue weighted by Crippen LogP contribution is -1.94. The van der Waals surface area contributed by atoms with E-state index in [0.717, 1.165) is 77.4 Å². The lowest BCUT2D eigenvalue weighted by atomic mass is 10.00. The van der Waals surface area contributed by atoms with Crippen LogP contribution in [0.5, 0.6) is 0 Å². The highest BCUT2D eigenvalue weighted by atomic mass is 16.3. The molecule has 0 amide bonds. The van der Waals surface area contributed by atoms with Crippen LogP contribution < -0.4 is 0 Å². The van der Waals surface area contributed by atoms with Gasteiger partial charge in [0.15, 0.2) is 0 Å². The Balaban J connectivity index is 1.09. The van der Waals surface area contributed by atoms with Gasteiger partial charge < -0.3 is 18.0 Å². The summed E-state index contributed by atoms with van der Waals surface area (Å²) in [5.74, 6) is 0. The smallest absolute Gasteiger partial charge is 0.137 e. The summed E-state index contributed by atoms with van der Waals surface area (Å²) in [4.78, 5) is 0. The molecule has 0 aliphatic heterocycles. The van der Waals surface area contributed by atoms with E-state index in [4.69, 9.17) is 8.83 Å². The quantitative estimate of drug-likeness (QED) is 0.186. The van der Waals surface area contributed by atoms with E-state index in [1.807, 2.05) is 12.1 Å². The minimum Gasteiger partial charge on any atom is -0.456 e. The maximum Gasteiger partial charge on any atom is 0.137 e. The average Bonchev–Trinajstić information content (AvgIpc) is 3.93. The van der Waals surface area contributed by atoms with E-state index in [1.54, 1.807) is 0 Å². The Hall–Kier alpha value is -7.04. The van der Waals surface area contributed by atoms with Crippen molar-refractivity contribution in [3.63, 3.8) is 0 Å². The zero-order chi connectivity index (χ0) is 34.8. The largest absolute Gasteiger partial charge is 0.456 e. The van der Waals surface area contributed by atoms with Crippen molar-refractivity contribution in [3.05, 3.63) is 169 Å². The number of benzene rings is 8. The number of para-hydroxylation sites is 3. The van der Waals surface area contributed by atoms with Crippen molar-refractivity contribution in [1.29, 1.82) is 0 Å². The molecule has 53 heavy (non-hydrogen) atoms. The van der Waals surface area contributed by atoms with Gasteiger partial charge in [-0.25, -0.2) is 0 Å². The van der Waals surface area contributed by atoms with Crippen LogP contribution in [-0.2, 0) is 0 Å². The highest BCUT2D eigenvalue weighted by Gasteiger charge is 2.19. The SMILES string of the molecule is Cc1cccc(-n2c3ccc(-c4ccc5oc6cc7c(cc6c5c4)c4ccccc4n7-c4ccccc4)cc3c3cc4c(cc32)oc2ccccc24)c1. The van der Waals surface area contributed by atoms with Gasteiger partial charge in [0.2, 0.25) is 0 Å². The van der Waals surface area contributed by atoms with E-state index >= 15 is 0 Å². The van der Waals surface area contributed by atoms with Gasteiger partial charge >= 0.3 is 0 Å². The Bertz CT molecular complexity index is 3460. The van der Waals surface area contributed by atoms with Crippen LogP contribution in [0.25, 0.3) is 110 Å². The molecule has 0 saturated heterocycles. The summed E-state index contributed by atoms with van der Waals surface area (Å²) in [5.41, 5.74) is 14.0. The molecule has 0 fully saturated rings. The maximum atomic E-state index is 6.57. The fourth-order valence-corrected chi connectivity index (χ4v) is 8.74. The molecule has 0 bridgehead atoms. The first-order valence-corrected chi connectivity index (χ1v) is 18.1. The van der Waals surface area contributed by atoms with E-state index in [1.165, 1.54) is 38.1 Å². The van der Waals surface area contributed by atoms with E-state index in [9.17, 15) is 0 Å². The average molecular weight is 679 g/mol. The van der Waals surface area contributed by atoms with Crippen molar-refractivity contribution in [2.75, 3.05) is 0 Å². The second kappa shape index (κ2) is 10.5. The molecule has 0 saturated carbocycles. The van der Waals surface area contributed by atoms with E-state index < -0.39 is 0 Å². The predicted octanol–water partition coefficient (Wildman–Crippen LogP) is 13.7. The molecule has 0 aliphatic rings. The van der Waals surface area contributed by atoms with Crippen LogP contribution in [0.4, 0.5) is 0 Å². The summed E-state index contributed by atoms with van der Waals surface area (Å²) in [7, 11) is 0. The minimum atomic E-state index is 0.887. The van der Waals surface area contributed by atoms with Crippen molar-refractivity contribution in [3.8, 4) is 22.5 Å². The maximum absolute atomic E-state index is 6.57. The second-order valence-corrected chi connectivity index (χ2v) is 14.2. The molecule has 248 valence electrons. The summed E-state index contributed by atoms with van der Waals surface area (Å²) in [6, 6.07) is 58.8. The van der Waals surface area contributed by atoms with Crippen molar-refractivity contribution < 1.29 is 8.83 Å². The van der Waals surface area contributed by atoms with Gasteiger partial charge in [-0.3, -0.25) is 0 Å². The minimum absolute atomic E-state index is 0.887. The van der Waals surface area contributed by atoms with Crippen LogP contribution in [0.15, 0.2) is 173 Å². The molecule has 0 atom stereocenters. The Morgan fingerprint density at radius 2 is 0.868 bits per heavy atom. The third-order valence-corrected chi connectivity index (χ3v) is 11.1. The van der Waals surface area contributed by atoms with Gasteiger partial charge in [-0.1, -0.05) is 78.9 Å². The van der Waals surface area contributed by atoms with Gasteiger partial charge in [0.25, 0.3) is 0 Å². The van der Waals surface area contributed by atoms with E-state index in [2.05, 4.69) is 168 Å². The first-order chi connectivity index (χ1) is 26.2. The summed E-state index contributed by atoms with van der Waals surface area (Å²) >= 11 is 0. The van der Waals surface area contributed by atoms with Gasteiger partial charge in [-0.15, -0.1) is 0 Å². The highest BCUT2D eigenvalue weighted by molar-refractivity contribution is 6.19. The fourth-order valence-electron chi connectivity index (χ4n) is 8.74. The molecule has 0 radical (unpaired) electrons. The molecule has 4 aromatic heterocycles. The monoisotopic (exact) mass is 678 g/mol. The molecular formula is C49H30N2O2. The van der Waals surface area contributed by atoms with Crippen LogP contribution in [0.2, 0.25) is 0 Å². The summed E-state index contributed by atoms with van der Waals surface area (Å²) < 4.78 is 17.7. The van der Waals surface area contributed by atoms with Crippen LogP contribution >= 0.6 is 0 Å². The number of furan rings is 2. The van der Waals surface area contributed by atoms with Crippen LogP contribution in [0.3, 0.4) is 0 Å². The lowest BCUT2D eigenvalue weighted by Gasteiger charge is -2.09. The first-order valence-electron chi connectivity index (χ1n) is 18.1. The Morgan fingerprint density at radius 1 is 0.321 bits per heavy atom. The molecule has 0 N–H and O–H groups in total. The van der Waals surface area contributed by atoms with Crippen molar-refractivity contribution >= 4 is 87.5 Å². The normalized spacial score (nSPS) is 12.2. The third kappa shape index (κ3) is 4.06. The van der Waals surface area contributed by atoms with E-state index in [-0.39, 0.29) is 0 Å². The molecule has 12 aromatic rings. The molecule has 4 heterocycles. The first kappa shape index (κ1) is 28.6. The number of aromatic nitrogens is 2. The van der Waals surface area contributed by atoms with Crippen LogP contribution in [0.1, 0.15) is 5.56 Å². The molecule has 0 unspecified atom stereocenters. The highest BCUT2D eigenvalue weighted by Crippen LogP contribution is 2.42. The van der Waals surface area contributed by atoms with Crippen LogP contribution in [0, 0.1) is 6.92 Å². The molecule has 0 spiro atoms. The lowest BCUT2D eigenvalue weighted by molar-refractivity contribution is 0.669. The zero-order valence-corrected chi connectivity index (χ0v) is 28.8. The number of fused-ring (bicyclic) bond motifs is 12. The number of hydrogen-bond acceptors (Lipinski definition) is 2. The standard InChI is InChI=1S/C49H30N2O2/c1-29-10-9-13-33(22-29)51-43-20-18-30(23-36(43)38-26-40-35-15-6-8-17-46(35)52-48(40)28-45(38)51)31-19-21-47-39(24-31)41-25-37-34-14-5-7-16-42(34)50(32-11-3-2-4-12-32)44(37)27-49(41)53-47/h2-28H,1H3. The van der Waals surface area contributed by atoms with Gasteiger partial charge in [0.1, 0.15) is 22.3 Å². The number of rotatable bonds is 3. The van der Waals surface area contributed by atoms with Crippen LogP contribution in [-0.4, -0.2) is 9.13 Å². The molecular weight excluding hydrogens is 649 g/mol. The van der Waals surface area contributed by atoms with Gasteiger partial charge in [0.05, 0.1) is 22.1 Å². The molecule has 4 heteroatoms. The number of aryl methyl sites for hydroxylation is 1. The molecule has 12 rings (SSSR count). The Kier molecular flexibility index (Phi) is 5.67. The van der Waals surface area contributed by atoms with Crippen molar-refractivity contribution in [2.24, 2.45) is 0 Å². The predicted molar refractivity (Wildman–Crippen MR) is 220 cm³/mol. The molecule has 8 aromatic carbocycles. The van der Waals surface area contributed by atoms with E-state index in [0.29, 0.717) is 0 Å². The van der Waals surface area contributed by atoms with Gasteiger partial charge in [-0.05, 0) is 96.4 Å². The Labute approximate surface area is 303 Å². The molecule has 0 aliphatic carbocycles. The van der Waals surface area contributed by atoms with Crippen molar-refractivity contribution in [2.45, 2.75) is 6.92 Å². The zero-order valence-electron chi connectivity index (χ0n) is 28.8. The summed E-state index contributed by atoms with van der Waals surface area (Å²) in [6.07, 6.45) is 0.